The van der Waals surface area contributed by atoms with Crippen molar-refractivity contribution in [2.24, 2.45) is 0 Å². The molecule has 0 atom stereocenters. The maximum absolute atomic E-state index is 12.2. The van der Waals surface area contributed by atoms with Crippen LogP contribution in [0.2, 0.25) is 0 Å². The Balaban J connectivity index is 1.59. The Morgan fingerprint density at radius 2 is 1.40 bits per heavy atom. The van der Waals surface area contributed by atoms with E-state index in [0.717, 1.165) is 11.1 Å². The third kappa shape index (κ3) is 4.61. The monoisotopic (exact) mass is 332 g/mol. The predicted molar refractivity (Wildman–Crippen MR) is 92.7 cm³/mol. The third-order valence-corrected chi connectivity index (χ3v) is 3.76. The van der Waals surface area contributed by atoms with Crippen molar-refractivity contribution in [3.8, 4) is 0 Å². The summed E-state index contributed by atoms with van der Waals surface area (Å²) in [7, 11) is 0. The number of Topliss-reactive ketones (excluding diaryl/α,β-unsaturated/α-hetero) is 1. The minimum Gasteiger partial charge on any atom is -0.455 e. The van der Waals surface area contributed by atoms with Crippen LogP contribution < -0.4 is 4.57 Å². The number of esters is 1. The van der Waals surface area contributed by atoms with Crippen LogP contribution in [0.4, 0.5) is 0 Å². The highest BCUT2D eigenvalue weighted by atomic mass is 16.5. The lowest BCUT2D eigenvalue weighted by Crippen LogP contribution is -2.32. The van der Waals surface area contributed by atoms with Crippen LogP contribution in [0.15, 0.2) is 85.2 Å². The fourth-order valence-corrected chi connectivity index (χ4v) is 2.42. The fourth-order valence-electron chi connectivity index (χ4n) is 2.42. The van der Waals surface area contributed by atoms with Crippen LogP contribution in [0.1, 0.15) is 21.5 Å². The van der Waals surface area contributed by atoms with Gasteiger partial charge in [0.05, 0.1) is 0 Å². The van der Waals surface area contributed by atoms with E-state index in [2.05, 4.69) is 0 Å². The summed E-state index contributed by atoms with van der Waals surface area (Å²) in [5.41, 5.74) is 2.23. The Kier molecular flexibility index (Phi) is 5.32. The first-order valence-electron chi connectivity index (χ1n) is 8.01. The molecule has 3 aromatic rings. The average molecular weight is 332 g/mol. The van der Waals surface area contributed by atoms with E-state index in [9.17, 15) is 9.59 Å². The lowest BCUT2D eigenvalue weighted by molar-refractivity contribution is -0.688. The van der Waals surface area contributed by atoms with Gasteiger partial charge < -0.3 is 4.74 Å². The van der Waals surface area contributed by atoms with Crippen LogP contribution in [0.25, 0.3) is 0 Å². The van der Waals surface area contributed by atoms with E-state index in [1.165, 1.54) is 0 Å². The number of ether oxygens (including phenoxy) is 1. The number of pyridine rings is 1. The van der Waals surface area contributed by atoms with Gasteiger partial charge in [-0.15, -0.1) is 0 Å². The highest BCUT2D eigenvalue weighted by Gasteiger charge is 2.18. The van der Waals surface area contributed by atoms with Crippen molar-refractivity contribution in [3.05, 3.63) is 102 Å². The van der Waals surface area contributed by atoms with Crippen molar-refractivity contribution in [3.63, 3.8) is 0 Å². The van der Waals surface area contributed by atoms with Crippen LogP contribution in [0, 0.1) is 0 Å². The van der Waals surface area contributed by atoms with Crippen LogP contribution in [0.5, 0.6) is 0 Å². The minimum atomic E-state index is -0.839. The van der Waals surface area contributed by atoms with Crippen molar-refractivity contribution in [1.82, 2.24) is 0 Å². The lowest BCUT2D eigenvalue weighted by Gasteiger charge is -2.05. The zero-order valence-electron chi connectivity index (χ0n) is 13.7. The van der Waals surface area contributed by atoms with Crippen molar-refractivity contribution in [1.29, 1.82) is 0 Å². The van der Waals surface area contributed by atoms with Crippen molar-refractivity contribution in [2.45, 2.75) is 13.2 Å². The van der Waals surface area contributed by atoms with Gasteiger partial charge >= 0.3 is 5.97 Å². The summed E-state index contributed by atoms with van der Waals surface area (Å²) in [5, 5.41) is 0. The Bertz CT molecular complexity index is 843. The number of hydrogen-bond donors (Lipinski definition) is 0. The molecule has 0 bridgehead atoms. The van der Waals surface area contributed by atoms with Gasteiger partial charge in [-0.05, 0) is 5.56 Å². The van der Waals surface area contributed by atoms with Gasteiger partial charge in [0.1, 0.15) is 6.61 Å². The zero-order chi connectivity index (χ0) is 17.5. The van der Waals surface area contributed by atoms with Gasteiger partial charge in [0.2, 0.25) is 0 Å². The number of rotatable bonds is 6. The number of ketones is 1. The van der Waals surface area contributed by atoms with Gasteiger partial charge in [-0.25, -0.2) is 9.36 Å². The Morgan fingerprint density at radius 3 is 2.08 bits per heavy atom. The van der Waals surface area contributed by atoms with E-state index in [-0.39, 0.29) is 6.61 Å². The van der Waals surface area contributed by atoms with Crippen LogP contribution >= 0.6 is 0 Å². The summed E-state index contributed by atoms with van der Waals surface area (Å²) >= 11 is 0. The zero-order valence-corrected chi connectivity index (χ0v) is 13.7. The van der Waals surface area contributed by atoms with Crippen molar-refractivity contribution < 1.29 is 18.9 Å². The van der Waals surface area contributed by atoms with Gasteiger partial charge in [0, 0.05) is 23.3 Å². The topological polar surface area (TPSA) is 47.3 Å². The largest absolute Gasteiger partial charge is 0.455 e. The molecule has 0 aliphatic rings. The molecule has 2 aromatic carbocycles. The van der Waals surface area contributed by atoms with E-state index in [1.807, 2.05) is 77.6 Å². The first kappa shape index (κ1) is 16.6. The molecule has 0 fully saturated rings. The molecule has 0 saturated heterocycles. The maximum Gasteiger partial charge on any atom is 0.380 e. The molecule has 0 N–H and O–H groups in total. The molecule has 1 aromatic heterocycles. The second-order valence-electron chi connectivity index (χ2n) is 5.64. The van der Waals surface area contributed by atoms with Crippen molar-refractivity contribution in [2.75, 3.05) is 0 Å². The molecule has 4 heteroatoms. The van der Waals surface area contributed by atoms with Crippen LogP contribution in [-0.4, -0.2) is 11.8 Å². The SMILES string of the molecule is O=C(OCc1ccccc1)C(=O)c1ccc(C[n+]2ccccc2)cc1. The van der Waals surface area contributed by atoms with E-state index < -0.39 is 11.8 Å². The fraction of sp³-hybridized carbons (Fsp3) is 0.0952. The number of benzene rings is 2. The van der Waals surface area contributed by atoms with E-state index in [1.54, 1.807) is 12.1 Å². The molecule has 3 rings (SSSR count). The summed E-state index contributed by atoms with van der Waals surface area (Å²) in [4.78, 5) is 24.1. The number of nitrogens with zero attached hydrogens (tertiary/aromatic N) is 1. The van der Waals surface area contributed by atoms with Gasteiger partial charge in [0.15, 0.2) is 18.9 Å². The Labute approximate surface area is 146 Å². The normalized spacial score (nSPS) is 10.2. The summed E-state index contributed by atoms with van der Waals surface area (Å²) in [5.74, 6) is -1.47. The predicted octanol–water partition coefficient (Wildman–Crippen LogP) is 2.95. The molecule has 0 saturated carbocycles. The number of aromatic nitrogens is 1. The molecule has 124 valence electrons. The summed E-state index contributed by atoms with van der Waals surface area (Å²) in [6.07, 6.45) is 3.94. The molecule has 4 nitrogen and oxygen atoms in total. The molecule has 0 amide bonds. The summed E-state index contributed by atoms with van der Waals surface area (Å²) in [6.45, 7) is 0.794. The Morgan fingerprint density at radius 1 is 0.760 bits per heavy atom. The maximum atomic E-state index is 12.2. The van der Waals surface area contributed by atoms with Gasteiger partial charge in [-0.2, -0.15) is 0 Å². The molecular weight excluding hydrogens is 314 g/mol. The summed E-state index contributed by atoms with van der Waals surface area (Å²) in [6, 6.07) is 22.2. The number of carbonyl (C=O) groups is 2. The second-order valence-corrected chi connectivity index (χ2v) is 5.64. The lowest BCUT2D eigenvalue weighted by atomic mass is 10.1. The number of hydrogen-bond acceptors (Lipinski definition) is 3. The first-order chi connectivity index (χ1) is 12.2. The average Bonchev–Trinajstić information content (AvgIpc) is 2.68. The standard InChI is InChI=1S/C21H18NO3/c23-20(21(24)25-16-18-7-3-1-4-8-18)19-11-9-17(10-12-19)15-22-13-5-2-6-14-22/h1-14H,15-16H2/q+1. The van der Waals surface area contributed by atoms with E-state index >= 15 is 0 Å². The van der Waals surface area contributed by atoms with E-state index in [4.69, 9.17) is 4.74 Å². The van der Waals surface area contributed by atoms with Crippen molar-refractivity contribution >= 4 is 11.8 Å². The highest BCUT2D eigenvalue weighted by Crippen LogP contribution is 2.08. The molecule has 25 heavy (non-hydrogen) atoms. The molecule has 0 radical (unpaired) electrons. The molecule has 1 heterocycles. The van der Waals surface area contributed by atoms with Crippen LogP contribution in [-0.2, 0) is 22.7 Å². The third-order valence-electron chi connectivity index (χ3n) is 3.76. The van der Waals surface area contributed by atoms with Crippen LogP contribution in [0.3, 0.4) is 0 Å². The van der Waals surface area contributed by atoms with Gasteiger partial charge in [0.25, 0.3) is 5.78 Å². The molecule has 0 aliphatic heterocycles. The molecule has 0 spiro atoms. The quantitative estimate of drug-likeness (QED) is 0.302. The Hall–Kier alpha value is -3.27. The van der Waals surface area contributed by atoms with Gasteiger partial charge in [-0.3, -0.25) is 4.79 Å². The minimum absolute atomic E-state index is 0.0914. The summed E-state index contributed by atoms with van der Waals surface area (Å²) < 4.78 is 7.11. The smallest absolute Gasteiger partial charge is 0.380 e. The molecule has 0 aliphatic carbocycles. The van der Waals surface area contributed by atoms with Gasteiger partial charge in [-0.1, -0.05) is 60.7 Å². The van der Waals surface area contributed by atoms with E-state index in [0.29, 0.717) is 12.1 Å². The highest BCUT2D eigenvalue weighted by molar-refractivity contribution is 6.40. The number of carbonyl (C=O) groups excluding carboxylic acids is 2. The molecule has 0 unspecified atom stereocenters. The second kappa shape index (κ2) is 8.02. The first-order valence-corrected chi connectivity index (χ1v) is 8.01. The molecular formula is C21H18NO3+.